The molecule has 0 fully saturated rings. The molecule has 0 amide bonds. The Balaban J connectivity index is 2.53. The molecule has 0 radical (unpaired) electrons. The van der Waals surface area contributed by atoms with E-state index in [9.17, 15) is 4.79 Å². The Morgan fingerprint density at radius 1 is 0.900 bits per heavy atom. The largest absolute Gasteiger partial charge is 0.481 e. The fourth-order valence-electron chi connectivity index (χ4n) is 2.22. The highest BCUT2D eigenvalue weighted by atomic mass is 16.4. The smallest absolute Gasteiger partial charge is 0.307 e. The lowest BCUT2D eigenvalue weighted by atomic mass is 10.0. The molecule has 110 valence electrons. The van der Waals surface area contributed by atoms with Crippen molar-refractivity contribution in [3.63, 3.8) is 0 Å². The Labute approximate surface area is 122 Å². The van der Waals surface area contributed by atoms with Crippen molar-refractivity contribution < 1.29 is 9.90 Å². The Bertz CT molecular complexity index is 386. The SMILES string of the molecule is O=C(O)CC1=CCCCCC=CCC=CCC=CCC1. The first-order chi connectivity index (χ1) is 9.79. The molecule has 1 N–H and O–H groups in total. The summed E-state index contributed by atoms with van der Waals surface area (Å²) in [6.45, 7) is 0. The molecule has 1 rings (SSSR count). The summed E-state index contributed by atoms with van der Waals surface area (Å²) in [5, 5.41) is 8.93. The van der Waals surface area contributed by atoms with Crippen LogP contribution in [0.15, 0.2) is 48.1 Å². The van der Waals surface area contributed by atoms with Crippen LogP contribution < -0.4 is 0 Å². The predicted octanol–water partition coefficient (Wildman–Crippen LogP) is 5.19. The lowest BCUT2D eigenvalue weighted by Crippen LogP contribution is -1.97. The normalized spacial score (nSPS) is 18.7. The Morgan fingerprint density at radius 3 is 2.20 bits per heavy atom. The summed E-state index contributed by atoms with van der Waals surface area (Å²) in [5.41, 5.74) is 1.07. The van der Waals surface area contributed by atoms with Gasteiger partial charge in [0.2, 0.25) is 0 Å². The Hall–Kier alpha value is -1.57. The Morgan fingerprint density at radius 2 is 1.50 bits per heavy atom. The molecule has 0 aromatic rings. The standard InChI is InChI=1S/C18H26O2/c19-18(20)16-17-14-12-10-8-6-4-2-1-3-5-7-9-11-13-15-17/h2-5,8,10,15H,1,6-7,9,11-14,16H2,(H,19,20). The number of aliphatic carboxylic acids is 1. The van der Waals surface area contributed by atoms with E-state index in [4.69, 9.17) is 5.11 Å². The van der Waals surface area contributed by atoms with Crippen molar-refractivity contribution in [2.45, 2.75) is 57.8 Å². The van der Waals surface area contributed by atoms with E-state index in [1.165, 1.54) is 6.42 Å². The van der Waals surface area contributed by atoms with E-state index in [1.54, 1.807) is 0 Å². The molecule has 0 atom stereocenters. The fourth-order valence-corrected chi connectivity index (χ4v) is 2.22. The molecule has 2 heteroatoms. The summed E-state index contributed by atoms with van der Waals surface area (Å²) in [6, 6.07) is 0. The maximum atomic E-state index is 10.8. The van der Waals surface area contributed by atoms with Gasteiger partial charge in [-0.3, -0.25) is 4.79 Å². The van der Waals surface area contributed by atoms with E-state index < -0.39 is 5.97 Å². The van der Waals surface area contributed by atoms with Gasteiger partial charge in [0.15, 0.2) is 0 Å². The van der Waals surface area contributed by atoms with Gasteiger partial charge in [-0.05, 0) is 51.4 Å². The van der Waals surface area contributed by atoms with Gasteiger partial charge in [-0.15, -0.1) is 0 Å². The molecule has 0 spiro atoms. The molecule has 0 heterocycles. The number of allylic oxidation sites excluding steroid dienone is 7. The minimum Gasteiger partial charge on any atom is -0.481 e. The van der Waals surface area contributed by atoms with Crippen molar-refractivity contribution in [2.24, 2.45) is 0 Å². The quantitative estimate of drug-likeness (QED) is 0.703. The van der Waals surface area contributed by atoms with Crippen LogP contribution in [0.4, 0.5) is 0 Å². The lowest BCUT2D eigenvalue weighted by Gasteiger charge is -2.03. The highest BCUT2D eigenvalue weighted by Gasteiger charge is 2.02. The average Bonchev–Trinajstić information content (AvgIpc) is 2.40. The molecular weight excluding hydrogens is 248 g/mol. The van der Waals surface area contributed by atoms with Crippen molar-refractivity contribution in [1.29, 1.82) is 0 Å². The third kappa shape index (κ3) is 9.37. The van der Waals surface area contributed by atoms with Gasteiger partial charge < -0.3 is 5.11 Å². The zero-order chi connectivity index (χ0) is 14.5. The Kier molecular flexibility index (Phi) is 9.29. The monoisotopic (exact) mass is 274 g/mol. The minimum absolute atomic E-state index is 0.188. The minimum atomic E-state index is -0.722. The number of hydrogen-bond donors (Lipinski definition) is 1. The zero-order valence-electron chi connectivity index (χ0n) is 12.3. The number of rotatable bonds is 2. The third-order valence-corrected chi connectivity index (χ3v) is 3.31. The van der Waals surface area contributed by atoms with Gasteiger partial charge >= 0.3 is 5.97 Å². The van der Waals surface area contributed by atoms with Crippen molar-refractivity contribution in [2.75, 3.05) is 0 Å². The van der Waals surface area contributed by atoms with E-state index in [2.05, 4.69) is 42.5 Å². The zero-order valence-corrected chi connectivity index (χ0v) is 12.3. The summed E-state index contributed by atoms with van der Waals surface area (Å²) in [6.07, 6.45) is 23.7. The maximum absolute atomic E-state index is 10.8. The number of carbonyl (C=O) groups is 1. The first-order valence-corrected chi connectivity index (χ1v) is 7.63. The van der Waals surface area contributed by atoms with Gasteiger partial charge in [0, 0.05) is 0 Å². The maximum Gasteiger partial charge on any atom is 0.307 e. The fraction of sp³-hybridized carbons (Fsp3) is 0.500. The molecule has 0 aromatic heterocycles. The second-order valence-corrected chi connectivity index (χ2v) is 5.14. The summed E-state index contributed by atoms with van der Waals surface area (Å²) in [7, 11) is 0. The van der Waals surface area contributed by atoms with Crippen molar-refractivity contribution in [3.8, 4) is 0 Å². The second-order valence-electron chi connectivity index (χ2n) is 5.14. The molecule has 0 aliphatic heterocycles. The third-order valence-electron chi connectivity index (χ3n) is 3.31. The van der Waals surface area contributed by atoms with Crippen molar-refractivity contribution in [3.05, 3.63) is 48.1 Å². The van der Waals surface area contributed by atoms with Crippen LogP contribution >= 0.6 is 0 Å². The summed E-state index contributed by atoms with van der Waals surface area (Å²) in [4.78, 5) is 10.8. The predicted molar refractivity (Wildman–Crippen MR) is 84.7 cm³/mol. The van der Waals surface area contributed by atoms with Gasteiger partial charge in [0.05, 0.1) is 6.42 Å². The summed E-state index contributed by atoms with van der Waals surface area (Å²) < 4.78 is 0. The van der Waals surface area contributed by atoms with E-state index >= 15 is 0 Å². The molecule has 20 heavy (non-hydrogen) atoms. The average molecular weight is 274 g/mol. The molecule has 2 nitrogen and oxygen atoms in total. The van der Waals surface area contributed by atoms with Crippen LogP contribution in [0.2, 0.25) is 0 Å². The first kappa shape index (κ1) is 16.5. The number of carboxylic acids is 1. The van der Waals surface area contributed by atoms with Crippen molar-refractivity contribution >= 4 is 5.97 Å². The highest BCUT2D eigenvalue weighted by Crippen LogP contribution is 2.14. The van der Waals surface area contributed by atoms with Crippen LogP contribution in [-0.2, 0) is 4.79 Å². The molecule has 1 aliphatic rings. The highest BCUT2D eigenvalue weighted by molar-refractivity contribution is 5.69. The molecule has 0 saturated carbocycles. The van der Waals surface area contributed by atoms with Crippen LogP contribution in [0, 0.1) is 0 Å². The van der Waals surface area contributed by atoms with Gasteiger partial charge in [-0.25, -0.2) is 0 Å². The van der Waals surface area contributed by atoms with E-state index in [0.717, 1.165) is 50.5 Å². The van der Waals surface area contributed by atoms with Gasteiger partial charge in [-0.1, -0.05) is 48.1 Å². The van der Waals surface area contributed by atoms with Gasteiger partial charge in [0.25, 0.3) is 0 Å². The second kappa shape index (κ2) is 11.3. The van der Waals surface area contributed by atoms with Gasteiger partial charge in [0.1, 0.15) is 0 Å². The topological polar surface area (TPSA) is 37.3 Å². The summed E-state index contributed by atoms with van der Waals surface area (Å²) in [5.74, 6) is -0.722. The molecule has 1 aliphatic carbocycles. The van der Waals surface area contributed by atoms with Crippen molar-refractivity contribution in [1.82, 2.24) is 0 Å². The van der Waals surface area contributed by atoms with Gasteiger partial charge in [-0.2, -0.15) is 0 Å². The van der Waals surface area contributed by atoms with Crippen LogP contribution in [0.3, 0.4) is 0 Å². The summed E-state index contributed by atoms with van der Waals surface area (Å²) >= 11 is 0. The first-order valence-electron chi connectivity index (χ1n) is 7.63. The molecule has 0 unspecified atom stereocenters. The molecule has 0 aromatic carbocycles. The van der Waals surface area contributed by atoms with E-state index in [1.807, 2.05) is 0 Å². The van der Waals surface area contributed by atoms with Crippen LogP contribution in [0.1, 0.15) is 57.8 Å². The lowest BCUT2D eigenvalue weighted by molar-refractivity contribution is -0.136. The van der Waals surface area contributed by atoms with Crippen LogP contribution in [0.25, 0.3) is 0 Å². The van der Waals surface area contributed by atoms with Crippen LogP contribution in [0.5, 0.6) is 0 Å². The van der Waals surface area contributed by atoms with E-state index in [0.29, 0.717) is 0 Å². The van der Waals surface area contributed by atoms with Crippen LogP contribution in [-0.4, -0.2) is 11.1 Å². The molecule has 0 saturated heterocycles. The molecule has 0 bridgehead atoms. The number of hydrogen-bond acceptors (Lipinski definition) is 1. The molecular formula is C18H26O2. The number of carboxylic acid groups (broad SMARTS) is 1. The van der Waals surface area contributed by atoms with E-state index in [-0.39, 0.29) is 6.42 Å².